The van der Waals surface area contributed by atoms with Gasteiger partial charge < -0.3 is 9.84 Å². The highest BCUT2D eigenvalue weighted by atomic mass is 32.2. The molecular formula is C12H14F3NO5S. The second kappa shape index (κ2) is 6.13. The van der Waals surface area contributed by atoms with Crippen molar-refractivity contribution < 1.29 is 36.2 Å². The minimum absolute atomic E-state index is 0.301. The normalized spacial score (nSPS) is 14.0. The Labute approximate surface area is 125 Å². The number of benzene rings is 1. The van der Waals surface area contributed by atoms with Gasteiger partial charge in [-0.1, -0.05) is 0 Å². The predicted octanol–water partition coefficient (Wildman–Crippen LogP) is 1.81. The predicted molar refractivity (Wildman–Crippen MR) is 70.0 cm³/mol. The average molecular weight is 341 g/mol. The van der Waals surface area contributed by atoms with Crippen molar-refractivity contribution in [2.24, 2.45) is 0 Å². The molecule has 0 aromatic heterocycles. The van der Waals surface area contributed by atoms with Crippen molar-refractivity contribution in [1.82, 2.24) is 4.31 Å². The first kappa shape index (κ1) is 18.2. The van der Waals surface area contributed by atoms with E-state index < -0.39 is 38.7 Å². The molecule has 1 aromatic carbocycles. The monoisotopic (exact) mass is 341 g/mol. The molecule has 0 spiro atoms. The van der Waals surface area contributed by atoms with Gasteiger partial charge >= 0.3 is 12.1 Å². The lowest BCUT2D eigenvalue weighted by molar-refractivity contribution is -0.140. The summed E-state index contributed by atoms with van der Waals surface area (Å²) in [5.74, 6) is -1.73. The van der Waals surface area contributed by atoms with Crippen LogP contribution in [0.25, 0.3) is 0 Å². The molecule has 1 rings (SSSR count). The lowest BCUT2D eigenvalue weighted by atomic mass is 10.2. The van der Waals surface area contributed by atoms with E-state index in [2.05, 4.69) is 4.74 Å². The number of ether oxygens (including phenoxy) is 1. The summed E-state index contributed by atoms with van der Waals surface area (Å²) < 4.78 is 68.1. The zero-order valence-electron chi connectivity index (χ0n) is 11.9. The van der Waals surface area contributed by atoms with Gasteiger partial charge in [0, 0.05) is 13.1 Å². The van der Waals surface area contributed by atoms with E-state index in [0.29, 0.717) is 16.4 Å². The molecule has 0 amide bonds. The van der Waals surface area contributed by atoms with Gasteiger partial charge in [-0.25, -0.2) is 8.42 Å². The van der Waals surface area contributed by atoms with Crippen LogP contribution in [0.3, 0.4) is 0 Å². The Morgan fingerprint density at radius 3 is 2.27 bits per heavy atom. The molecule has 0 saturated heterocycles. The molecule has 0 saturated carbocycles. The highest BCUT2D eigenvalue weighted by Crippen LogP contribution is 2.34. The number of rotatable bonds is 5. The lowest BCUT2D eigenvalue weighted by Gasteiger charge is -2.22. The first-order valence-electron chi connectivity index (χ1n) is 5.88. The maximum Gasteiger partial charge on any atom is 0.416 e. The molecule has 6 nitrogen and oxygen atoms in total. The van der Waals surface area contributed by atoms with Gasteiger partial charge in [-0.2, -0.15) is 17.5 Å². The van der Waals surface area contributed by atoms with Crippen molar-refractivity contribution in [3.8, 4) is 5.75 Å². The topological polar surface area (TPSA) is 83.9 Å². The SMILES string of the molecule is COc1cc(C(F)(F)F)cc(S(=O)(=O)N(C)C(C)C(=O)O)c1. The molecule has 0 heterocycles. The Morgan fingerprint density at radius 2 is 1.86 bits per heavy atom. The maximum absolute atomic E-state index is 12.8. The maximum atomic E-state index is 12.8. The van der Waals surface area contributed by atoms with E-state index in [4.69, 9.17) is 5.11 Å². The summed E-state index contributed by atoms with van der Waals surface area (Å²) in [6.07, 6.45) is -4.77. The number of nitrogens with zero attached hydrogens (tertiary/aromatic N) is 1. The van der Waals surface area contributed by atoms with Crippen LogP contribution in [-0.4, -0.2) is 44.0 Å². The Kier molecular flexibility index (Phi) is 5.08. The second-order valence-corrected chi connectivity index (χ2v) is 6.43. The number of hydrogen-bond acceptors (Lipinski definition) is 4. The zero-order chi connectivity index (χ0) is 17.3. The van der Waals surface area contributed by atoms with E-state index in [0.717, 1.165) is 27.1 Å². The van der Waals surface area contributed by atoms with Crippen molar-refractivity contribution in [2.45, 2.75) is 24.0 Å². The standard InChI is InChI=1S/C12H14F3NO5S/c1-7(11(17)18)16(2)22(19,20)10-5-8(12(13,14)15)4-9(6-10)21-3/h4-7H,1-3H3,(H,17,18). The van der Waals surface area contributed by atoms with E-state index >= 15 is 0 Å². The third-order valence-corrected chi connectivity index (χ3v) is 4.93. The number of aliphatic carboxylic acids is 1. The number of hydrogen-bond donors (Lipinski definition) is 1. The van der Waals surface area contributed by atoms with Crippen LogP contribution in [0.1, 0.15) is 12.5 Å². The molecule has 1 atom stereocenters. The quantitative estimate of drug-likeness (QED) is 0.883. The molecule has 0 fully saturated rings. The average Bonchev–Trinajstić information content (AvgIpc) is 2.43. The summed E-state index contributed by atoms with van der Waals surface area (Å²) in [7, 11) is -2.36. The summed E-state index contributed by atoms with van der Waals surface area (Å²) in [4.78, 5) is 10.2. The van der Waals surface area contributed by atoms with Crippen LogP contribution in [0, 0.1) is 0 Å². The van der Waals surface area contributed by atoms with E-state index in [9.17, 15) is 26.4 Å². The van der Waals surface area contributed by atoms with Crippen LogP contribution < -0.4 is 4.74 Å². The lowest BCUT2D eigenvalue weighted by Crippen LogP contribution is -2.40. The molecule has 1 N–H and O–H groups in total. The van der Waals surface area contributed by atoms with Gasteiger partial charge in [0.15, 0.2) is 0 Å². The molecule has 0 aliphatic rings. The highest BCUT2D eigenvalue weighted by molar-refractivity contribution is 7.89. The molecule has 10 heteroatoms. The zero-order valence-corrected chi connectivity index (χ0v) is 12.7. The van der Waals surface area contributed by atoms with Crippen molar-refractivity contribution in [3.63, 3.8) is 0 Å². The molecule has 0 radical (unpaired) electrons. The number of likely N-dealkylation sites (N-methyl/N-ethyl adjacent to an activating group) is 1. The number of sulfonamides is 1. The third kappa shape index (κ3) is 3.69. The van der Waals surface area contributed by atoms with Gasteiger partial charge in [-0.05, 0) is 19.1 Å². The summed E-state index contributed by atoms with van der Waals surface area (Å²) >= 11 is 0. The minimum atomic E-state index is -4.77. The molecule has 0 aliphatic heterocycles. The fraction of sp³-hybridized carbons (Fsp3) is 0.417. The van der Waals surface area contributed by atoms with Crippen LogP contribution in [0.4, 0.5) is 13.2 Å². The van der Waals surface area contributed by atoms with E-state index in [1.807, 2.05) is 0 Å². The van der Waals surface area contributed by atoms with E-state index in [1.165, 1.54) is 0 Å². The van der Waals surface area contributed by atoms with Gasteiger partial charge in [-0.3, -0.25) is 4.79 Å². The van der Waals surface area contributed by atoms with Gasteiger partial charge in [0.1, 0.15) is 11.8 Å². The molecule has 124 valence electrons. The van der Waals surface area contributed by atoms with Gasteiger partial charge in [0.05, 0.1) is 17.6 Å². The van der Waals surface area contributed by atoms with E-state index in [-0.39, 0.29) is 5.75 Å². The number of halogens is 3. The first-order valence-corrected chi connectivity index (χ1v) is 7.32. The van der Waals surface area contributed by atoms with Gasteiger partial charge in [0.2, 0.25) is 10.0 Å². The Morgan fingerprint density at radius 1 is 1.32 bits per heavy atom. The number of methoxy groups -OCH3 is 1. The Bertz CT molecular complexity index is 672. The first-order chi connectivity index (χ1) is 9.91. The van der Waals surface area contributed by atoms with Gasteiger partial charge in [-0.15, -0.1) is 0 Å². The molecule has 22 heavy (non-hydrogen) atoms. The summed E-state index contributed by atoms with van der Waals surface area (Å²) in [6, 6.07) is 0.545. The minimum Gasteiger partial charge on any atom is -0.497 e. The number of alkyl halides is 3. The smallest absolute Gasteiger partial charge is 0.416 e. The molecule has 0 bridgehead atoms. The van der Waals surface area contributed by atoms with Crippen LogP contribution in [0.15, 0.2) is 23.1 Å². The van der Waals surface area contributed by atoms with Crippen LogP contribution >= 0.6 is 0 Å². The second-order valence-electron chi connectivity index (χ2n) is 4.43. The summed E-state index contributed by atoms with van der Waals surface area (Å²) in [5, 5.41) is 8.84. The largest absolute Gasteiger partial charge is 0.497 e. The Hall–Kier alpha value is -1.81. The third-order valence-electron chi connectivity index (χ3n) is 3.02. The van der Waals surface area contributed by atoms with Crippen molar-refractivity contribution in [2.75, 3.05) is 14.2 Å². The number of carbonyl (C=O) groups is 1. The van der Waals surface area contributed by atoms with Crippen LogP contribution in [0.2, 0.25) is 0 Å². The highest BCUT2D eigenvalue weighted by Gasteiger charge is 2.35. The number of carboxylic acid groups (broad SMARTS) is 1. The van der Waals surface area contributed by atoms with Crippen molar-refractivity contribution >= 4 is 16.0 Å². The molecule has 1 unspecified atom stereocenters. The van der Waals surface area contributed by atoms with Crippen LogP contribution in [0.5, 0.6) is 5.75 Å². The fourth-order valence-corrected chi connectivity index (χ4v) is 2.91. The van der Waals surface area contributed by atoms with Crippen LogP contribution in [-0.2, 0) is 21.0 Å². The Balaban J connectivity index is 3.45. The summed E-state index contributed by atoms with van der Waals surface area (Å²) in [5.41, 5.74) is -1.21. The molecule has 1 aromatic rings. The number of carboxylic acids is 1. The van der Waals surface area contributed by atoms with E-state index in [1.54, 1.807) is 0 Å². The fourth-order valence-electron chi connectivity index (χ4n) is 1.53. The van der Waals surface area contributed by atoms with Gasteiger partial charge in [0.25, 0.3) is 0 Å². The molecule has 0 aliphatic carbocycles. The van der Waals surface area contributed by atoms with Crippen molar-refractivity contribution in [1.29, 1.82) is 0 Å². The molecular weight excluding hydrogens is 327 g/mol. The summed E-state index contributed by atoms with van der Waals surface area (Å²) in [6.45, 7) is 1.10. The van der Waals surface area contributed by atoms with Crippen molar-refractivity contribution in [3.05, 3.63) is 23.8 Å².